The highest BCUT2D eigenvalue weighted by atomic mass is 32.2. The van der Waals surface area contributed by atoms with Crippen LogP contribution in [0.1, 0.15) is 23.5 Å². The maximum atomic E-state index is 3.23. The molecule has 1 aromatic carbocycles. The number of benzene rings is 1. The van der Waals surface area contributed by atoms with Crippen molar-refractivity contribution in [2.45, 2.75) is 24.2 Å². The summed E-state index contributed by atoms with van der Waals surface area (Å²) in [6, 6.07) is 6.84. The summed E-state index contributed by atoms with van der Waals surface area (Å²) in [5, 5.41) is 3.23. The molecule has 0 saturated carbocycles. The molecule has 1 atom stereocenters. The van der Waals surface area contributed by atoms with E-state index in [2.05, 4.69) is 30.4 Å². The third kappa shape index (κ3) is 1.96. The van der Waals surface area contributed by atoms with E-state index in [0.29, 0.717) is 0 Å². The van der Waals surface area contributed by atoms with Crippen molar-refractivity contribution in [2.75, 3.05) is 19.3 Å². The first-order chi connectivity index (χ1) is 6.81. The van der Waals surface area contributed by atoms with Crippen LogP contribution in [0.15, 0.2) is 23.1 Å². The molecule has 0 bridgehead atoms. The standard InChI is InChI=1S/C12H17NS/c1-9-3-4-12-11(7-9)10(8-14-12)5-6-13-2/h3-4,7,10,13H,5-6,8H2,1-2H3. The van der Waals surface area contributed by atoms with Crippen LogP contribution in [0.3, 0.4) is 0 Å². The Hall–Kier alpha value is -0.470. The third-order valence-corrected chi connectivity index (χ3v) is 4.04. The summed E-state index contributed by atoms with van der Waals surface area (Å²) in [5.74, 6) is 2.03. The van der Waals surface area contributed by atoms with E-state index in [1.807, 2.05) is 18.8 Å². The van der Waals surface area contributed by atoms with Gasteiger partial charge in [0.1, 0.15) is 0 Å². The Morgan fingerprint density at radius 2 is 2.36 bits per heavy atom. The molecule has 0 aliphatic carbocycles. The minimum Gasteiger partial charge on any atom is -0.320 e. The summed E-state index contributed by atoms with van der Waals surface area (Å²) in [5.41, 5.74) is 2.96. The Bertz CT molecular complexity index is 322. The molecule has 1 heterocycles. The molecule has 1 N–H and O–H groups in total. The highest BCUT2D eigenvalue weighted by molar-refractivity contribution is 7.99. The highest BCUT2D eigenvalue weighted by Gasteiger charge is 2.22. The molecular formula is C12H17NS. The van der Waals surface area contributed by atoms with Crippen molar-refractivity contribution >= 4 is 11.8 Å². The number of nitrogens with one attached hydrogen (secondary N) is 1. The molecule has 0 amide bonds. The Balaban J connectivity index is 2.16. The second kappa shape index (κ2) is 4.37. The van der Waals surface area contributed by atoms with Crippen LogP contribution in [0.25, 0.3) is 0 Å². The number of fused-ring (bicyclic) bond motifs is 1. The Labute approximate surface area is 90.3 Å². The molecule has 1 unspecified atom stereocenters. The first kappa shape index (κ1) is 10.1. The van der Waals surface area contributed by atoms with Crippen LogP contribution in [0.2, 0.25) is 0 Å². The quantitative estimate of drug-likeness (QED) is 0.818. The van der Waals surface area contributed by atoms with Gasteiger partial charge in [-0.1, -0.05) is 17.7 Å². The Morgan fingerprint density at radius 1 is 1.50 bits per heavy atom. The molecule has 0 spiro atoms. The summed E-state index contributed by atoms with van der Waals surface area (Å²) < 4.78 is 0. The van der Waals surface area contributed by atoms with Crippen molar-refractivity contribution in [2.24, 2.45) is 0 Å². The van der Waals surface area contributed by atoms with Gasteiger partial charge in [-0.25, -0.2) is 0 Å². The average molecular weight is 207 g/mol. The summed E-state index contributed by atoms with van der Waals surface area (Å²) in [7, 11) is 2.03. The van der Waals surface area contributed by atoms with Gasteiger partial charge in [-0.15, -0.1) is 11.8 Å². The second-order valence-electron chi connectivity index (χ2n) is 3.94. The van der Waals surface area contributed by atoms with Gasteiger partial charge >= 0.3 is 0 Å². The maximum absolute atomic E-state index is 3.23. The molecule has 0 radical (unpaired) electrons. The van der Waals surface area contributed by atoms with E-state index in [1.54, 1.807) is 5.56 Å². The molecule has 0 fully saturated rings. The van der Waals surface area contributed by atoms with Crippen LogP contribution in [-0.4, -0.2) is 19.3 Å². The van der Waals surface area contributed by atoms with Crippen LogP contribution in [0.5, 0.6) is 0 Å². The van der Waals surface area contributed by atoms with E-state index < -0.39 is 0 Å². The van der Waals surface area contributed by atoms with Gasteiger partial charge in [0.25, 0.3) is 0 Å². The van der Waals surface area contributed by atoms with Gasteiger partial charge in [0.2, 0.25) is 0 Å². The number of thioether (sulfide) groups is 1. The number of rotatable bonds is 3. The molecule has 0 saturated heterocycles. The monoisotopic (exact) mass is 207 g/mol. The Kier molecular flexibility index (Phi) is 3.14. The van der Waals surface area contributed by atoms with E-state index in [1.165, 1.54) is 22.6 Å². The topological polar surface area (TPSA) is 12.0 Å². The first-order valence-electron chi connectivity index (χ1n) is 5.19. The largest absolute Gasteiger partial charge is 0.320 e. The van der Waals surface area contributed by atoms with E-state index in [-0.39, 0.29) is 0 Å². The van der Waals surface area contributed by atoms with Gasteiger partial charge in [0.05, 0.1) is 0 Å². The van der Waals surface area contributed by atoms with Crippen molar-refractivity contribution in [3.63, 3.8) is 0 Å². The SMILES string of the molecule is CNCCC1CSc2ccc(C)cc21. The van der Waals surface area contributed by atoms with Gasteiger partial charge in [-0.05, 0) is 44.5 Å². The fraction of sp³-hybridized carbons (Fsp3) is 0.500. The van der Waals surface area contributed by atoms with Gasteiger partial charge in [0, 0.05) is 10.6 Å². The predicted octanol–water partition coefficient (Wildman–Crippen LogP) is 2.79. The predicted molar refractivity (Wildman–Crippen MR) is 63.2 cm³/mol. The molecule has 76 valence electrons. The number of hydrogen-bond donors (Lipinski definition) is 1. The average Bonchev–Trinajstić information content (AvgIpc) is 2.57. The zero-order valence-corrected chi connectivity index (χ0v) is 9.66. The molecule has 1 aromatic rings. The van der Waals surface area contributed by atoms with Crippen LogP contribution in [0.4, 0.5) is 0 Å². The molecule has 1 aliphatic heterocycles. The fourth-order valence-corrected chi connectivity index (χ4v) is 3.24. The lowest BCUT2D eigenvalue weighted by Crippen LogP contribution is -2.12. The summed E-state index contributed by atoms with van der Waals surface area (Å²) in [4.78, 5) is 1.50. The summed E-state index contributed by atoms with van der Waals surface area (Å²) >= 11 is 2.01. The minimum absolute atomic E-state index is 0.766. The van der Waals surface area contributed by atoms with Gasteiger partial charge in [-0.2, -0.15) is 0 Å². The first-order valence-corrected chi connectivity index (χ1v) is 6.18. The lowest BCUT2D eigenvalue weighted by atomic mass is 9.96. The molecule has 14 heavy (non-hydrogen) atoms. The van der Waals surface area contributed by atoms with Crippen molar-refractivity contribution in [3.05, 3.63) is 29.3 Å². The van der Waals surface area contributed by atoms with Crippen LogP contribution in [-0.2, 0) is 0 Å². The smallest absolute Gasteiger partial charge is 0.0108 e. The van der Waals surface area contributed by atoms with Crippen molar-refractivity contribution in [3.8, 4) is 0 Å². The lowest BCUT2D eigenvalue weighted by molar-refractivity contribution is 0.644. The molecular weight excluding hydrogens is 190 g/mol. The normalized spacial score (nSPS) is 19.7. The van der Waals surface area contributed by atoms with E-state index >= 15 is 0 Å². The third-order valence-electron chi connectivity index (χ3n) is 2.79. The maximum Gasteiger partial charge on any atom is 0.0108 e. The molecule has 0 aromatic heterocycles. The molecule has 2 heteroatoms. The van der Waals surface area contributed by atoms with Crippen molar-refractivity contribution < 1.29 is 0 Å². The lowest BCUT2D eigenvalue weighted by Gasteiger charge is -2.10. The van der Waals surface area contributed by atoms with Crippen molar-refractivity contribution in [1.29, 1.82) is 0 Å². The van der Waals surface area contributed by atoms with Crippen LogP contribution >= 0.6 is 11.8 Å². The van der Waals surface area contributed by atoms with Gasteiger partial charge in [-0.3, -0.25) is 0 Å². The minimum atomic E-state index is 0.766. The van der Waals surface area contributed by atoms with Crippen molar-refractivity contribution in [1.82, 2.24) is 5.32 Å². The summed E-state index contributed by atoms with van der Waals surface area (Å²) in [6.45, 7) is 3.30. The molecule has 1 nitrogen and oxygen atoms in total. The number of aryl methyl sites for hydroxylation is 1. The van der Waals surface area contributed by atoms with E-state index in [9.17, 15) is 0 Å². The Morgan fingerprint density at radius 3 is 3.14 bits per heavy atom. The van der Waals surface area contributed by atoms with Crippen LogP contribution in [0, 0.1) is 6.92 Å². The number of hydrogen-bond acceptors (Lipinski definition) is 2. The van der Waals surface area contributed by atoms with E-state index in [4.69, 9.17) is 0 Å². The molecule has 1 aliphatic rings. The zero-order chi connectivity index (χ0) is 9.97. The summed E-state index contributed by atoms with van der Waals surface area (Å²) in [6.07, 6.45) is 1.26. The van der Waals surface area contributed by atoms with Gasteiger partial charge in [0.15, 0.2) is 0 Å². The highest BCUT2D eigenvalue weighted by Crippen LogP contribution is 2.41. The zero-order valence-electron chi connectivity index (χ0n) is 8.84. The second-order valence-corrected chi connectivity index (χ2v) is 5.00. The van der Waals surface area contributed by atoms with Gasteiger partial charge < -0.3 is 5.32 Å². The fourth-order valence-electron chi connectivity index (χ4n) is 1.96. The van der Waals surface area contributed by atoms with E-state index in [0.717, 1.165) is 12.5 Å². The van der Waals surface area contributed by atoms with Crippen LogP contribution < -0.4 is 5.32 Å². The molecule has 2 rings (SSSR count).